The van der Waals surface area contributed by atoms with Gasteiger partial charge in [0.05, 0.1) is 0 Å². The Morgan fingerprint density at radius 1 is 0.857 bits per heavy atom. The van der Waals surface area contributed by atoms with Gasteiger partial charge in [-0.15, -0.1) is 0 Å². The lowest BCUT2D eigenvalue weighted by Gasteiger charge is -2.11. The van der Waals surface area contributed by atoms with E-state index in [2.05, 4.69) is 5.32 Å². The third-order valence-electron chi connectivity index (χ3n) is 3.59. The highest BCUT2D eigenvalue weighted by Gasteiger charge is 2.06. The van der Waals surface area contributed by atoms with Crippen molar-refractivity contribution in [2.45, 2.75) is 13.1 Å². The van der Waals surface area contributed by atoms with Crippen LogP contribution < -0.4 is 5.32 Å². The standard InChI is InChI=1S/C18H16ClNO/c19-17-8-4-2-6-14(17)11-20-12-16-15-7-3-1-5-13(15)9-10-18(16)21/h1-10,20-21H,11-12H2. The number of nitrogens with one attached hydrogen (secondary N) is 1. The normalized spacial score (nSPS) is 10.9. The van der Waals surface area contributed by atoms with Gasteiger partial charge in [0, 0.05) is 23.7 Å². The molecule has 0 aliphatic heterocycles. The van der Waals surface area contributed by atoms with Crippen LogP contribution in [0.4, 0.5) is 0 Å². The number of rotatable bonds is 4. The smallest absolute Gasteiger partial charge is 0.120 e. The molecule has 0 aliphatic rings. The van der Waals surface area contributed by atoms with Gasteiger partial charge in [-0.3, -0.25) is 0 Å². The minimum absolute atomic E-state index is 0.320. The number of fused-ring (bicyclic) bond motifs is 1. The largest absolute Gasteiger partial charge is 0.508 e. The van der Waals surface area contributed by atoms with Crippen LogP contribution in [0.1, 0.15) is 11.1 Å². The van der Waals surface area contributed by atoms with Crippen LogP contribution in [0.15, 0.2) is 60.7 Å². The van der Waals surface area contributed by atoms with Gasteiger partial charge < -0.3 is 10.4 Å². The van der Waals surface area contributed by atoms with E-state index in [4.69, 9.17) is 11.6 Å². The molecule has 0 bridgehead atoms. The van der Waals surface area contributed by atoms with E-state index in [1.807, 2.05) is 54.6 Å². The Balaban J connectivity index is 1.79. The molecule has 3 heteroatoms. The predicted octanol–water partition coefficient (Wildman–Crippen LogP) is 4.49. The highest BCUT2D eigenvalue weighted by Crippen LogP contribution is 2.27. The SMILES string of the molecule is Oc1ccc2ccccc2c1CNCc1ccccc1Cl. The Morgan fingerprint density at radius 2 is 1.62 bits per heavy atom. The van der Waals surface area contributed by atoms with Gasteiger partial charge in [0.15, 0.2) is 0 Å². The first-order valence-electron chi connectivity index (χ1n) is 6.89. The van der Waals surface area contributed by atoms with Crippen LogP contribution in [0, 0.1) is 0 Å². The molecule has 0 heterocycles. The van der Waals surface area contributed by atoms with Crippen LogP contribution in [-0.2, 0) is 13.1 Å². The zero-order valence-electron chi connectivity index (χ0n) is 11.5. The Hall–Kier alpha value is -2.03. The number of hydrogen-bond acceptors (Lipinski definition) is 2. The third kappa shape index (κ3) is 3.02. The average molecular weight is 298 g/mol. The van der Waals surface area contributed by atoms with E-state index in [1.54, 1.807) is 6.07 Å². The highest BCUT2D eigenvalue weighted by molar-refractivity contribution is 6.31. The van der Waals surface area contributed by atoms with Crippen LogP contribution in [0.5, 0.6) is 5.75 Å². The molecular formula is C18H16ClNO. The van der Waals surface area contributed by atoms with E-state index in [9.17, 15) is 5.11 Å². The zero-order valence-corrected chi connectivity index (χ0v) is 12.3. The molecule has 0 fully saturated rings. The highest BCUT2D eigenvalue weighted by atomic mass is 35.5. The van der Waals surface area contributed by atoms with Crippen molar-refractivity contribution in [3.63, 3.8) is 0 Å². The number of benzene rings is 3. The van der Waals surface area contributed by atoms with Crippen LogP contribution in [0.2, 0.25) is 5.02 Å². The summed E-state index contributed by atoms with van der Waals surface area (Å²) in [4.78, 5) is 0. The van der Waals surface area contributed by atoms with Crippen LogP contribution in [-0.4, -0.2) is 5.11 Å². The molecule has 0 saturated heterocycles. The Morgan fingerprint density at radius 3 is 2.48 bits per heavy atom. The van der Waals surface area contributed by atoms with Gasteiger partial charge in [0.2, 0.25) is 0 Å². The van der Waals surface area contributed by atoms with Gasteiger partial charge in [-0.05, 0) is 28.5 Å². The van der Waals surface area contributed by atoms with Crippen molar-refractivity contribution >= 4 is 22.4 Å². The molecule has 2 nitrogen and oxygen atoms in total. The second-order valence-corrected chi connectivity index (χ2v) is 5.39. The van der Waals surface area contributed by atoms with Crippen LogP contribution >= 0.6 is 11.6 Å². The molecule has 0 amide bonds. The first-order valence-corrected chi connectivity index (χ1v) is 7.27. The third-order valence-corrected chi connectivity index (χ3v) is 3.96. The predicted molar refractivity (Wildman–Crippen MR) is 87.6 cm³/mol. The quantitative estimate of drug-likeness (QED) is 0.744. The molecule has 2 N–H and O–H groups in total. The fourth-order valence-corrected chi connectivity index (χ4v) is 2.68. The second kappa shape index (κ2) is 6.17. The summed E-state index contributed by atoms with van der Waals surface area (Å²) in [7, 11) is 0. The maximum absolute atomic E-state index is 10.1. The van der Waals surface area contributed by atoms with E-state index < -0.39 is 0 Å². The number of aromatic hydroxyl groups is 1. The molecule has 0 unspecified atom stereocenters. The van der Waals surface area contributed by atoms with Crippen molar-refractivity contribution in [2.75, 3.05) is 0 Å². The molecular weight excluding hydrogens is 282 g/mol. The van der Waals surface area contributed by atoms with Gasteiger partial charge in [0.25, 0.3) is 0 Å². The minimum atomic E-state index is 0.320. The van der Waals surface area contributed by atoms with E-state index in [0.29, 0.717) is 18.8 Å². The number of halogens is 1. The van der Waals surface area contributed by atoms with Crippen molar-refractivity contribution in [3.05, 3.63) is 76.8 Å². The summed E-state index contributed by atoms with van der Waals surface area (Å²) >= 11 is 6.14. The van der Waals surface area contributed by atoms with Crippen LogP contribution in [0.3, 0.4) is 0 Å². The molecule has 3 aromatic rings. The molecule has 106 valence electrons. The van der Waals surface area contributed by atoms with Crippen molar-refractivity contribution in [2.24, 2.45) is 0 Å². The molecule has 0 aromatic heterocycles. The van der Waals surface area contributed by atoms with E-state index >= 15 is 0 Å². The lowest BCUT2D eigenvalue weighted by Crippen LogP contribution is -2.13. The first kappa shape index (κ1) is 13.9. The molecule has 0 aliphatic carbocycles. The molecule has 3 aromatic carbocycles. The Kier molecular flexibility index (Phi) is 4.09. The van der Waals surface area contributed by atoms with Gasteiger partial charge in [0.1, 0.15) is 5.75 Å². The molecule has 0 spiro atoms. The fraction of sp³-hybridized carbons (Fsp3) is 0.111. The monoisotopic (exact) mass is 297 g/mol. The number of phenolic OH excluding ortho intramolecular Hbond substituents is 1. The first-order chi connectivity index (χ1) is 10.3. The molecule has 0 atom stereocenters. The minimum Gasteiger partial charge on any atom is -0.508 e. The lowest BCUT2D eigenvalue weighted by molar-refractivity contribution is 0.466. The van der Waals surface area contributed by atoms with E-state index in [-0.39, 0.29) is 0 Å². The summed E-state index contributed by atoms with van der Waals surface area (Å²) in [5, 5.41) is 16.4. The summed E-state index contributed by atoms with van der Waals surface area (Å²) in [5.74, 6) is 0.320. The second-order valence-electron chi connectivity index (χ2n) is 4.98. The lowest BCUT2D eigenvalue weighted by atomic mass is 10.0. The van der Waals surface area contributed by atoms with Gasteiger partial charge in [-0.2, -0.15) is 0 Å². The van der Waals surface area contributed by atoms with Gasteiger partial charge in [-0.25, -0.2) is 0 Å². The maximum atomic E-state index is 10.1. The Labute approximate surface area is 129 Å². The van der Waals surface area contributed by atoms with E-state index in [0.717, 1.165) is 26.9 Å². The molecule has 0 radical (unpaired) electrons. The molecule has 0 saturated carbocycles. The Bertz CT molecular complexity index is 770. The maximum Gasteiger partial charge on any atom is 0.120 e. The van der Waals surface area contributed by atoms with Gasteiger partial charge >= 0.3 is 0 Å². The van der Waals surface area contributed by atoms with Crippen molar-refractivity contribution in [1.82, 2.24) is 5.32 Å². The van der Waals surface area contributed by atoms with Crippen molar-refractivity contribution in [3.8, 4) is 5.75 Å². The average Bonchev–Trinajstić information content (AvgIpc) is 2.51. The van der Waals surface area contributed by atoms with Crippen LogP contribution in [0.25, 0.3) is 10.8 Å². The van der Waals surface area contributed by atoms with Gasteiger partial charge in [-0.1, -0.05) is 60.1 Å². The summed E-state index contributed by atoms with van der Waals surface area (Å²) < 4.78 is 0. The topological polar surface area (TPSA) is 32.3 Å². The zero-order chi connectivity index (χ0) is 14.7. The summed E-state index contributed by atoms with van der Waals surface area (Å²) in [6.07, 6.45) is 0. The van der Waals surface area contributed by atoms with Crippen molar-refractivity contribution in [1.29, 1.82) is 0 Å². The summed E-state index contributed by atoms with van der Waals surface area (Å²) in [6.45, 7) is 1.26. The number of hydrogen-bond donors (Lipinski definition) is 2. The van der Waals surface area contributed by atoms with Crippen molar-refractivity contribution < 1.29 is 5.11 Å². The summed E-state index contributed by atoms with van der Waals surface area (Å²) in [6, 6.07) is 19.5. The number of phenols is 1. The fourth-order valence-electron chi connectivity index (χ4n) is 2.47. The van der Waals surface area contributed by atoms with E-state index in [1.165, 1.54) is 0 Å². The molecule has 21 heavy (non-hydrogen) atoms. The summed E-state index contributed by atoms with van der Waals surface area (Å²) in [5.41, 5.74) is 1.97. The molecule has 3 rings (SSSR count).